The average Bonchev–Trinajstić information content (AvgIpc) is 2.65. The monoisotopic (exact) mass is 269 g/mol. The topological polar surface area (TPSA) is 68.0 Å². The second-order valence-electron chi connectivity index (χ2n) is 5.89. The van der Waals surface area contributed by atoms with E-state index in [0.717, 1.165) is 11.4 Å². The Morgan fingerprint density at radius 1 is 1.56 bits per heavy atom. The molecule has 0 aromatic carbocycles. The summed E-state index contributed by atoms with van der Waals surface area (Å²) in [5.41, 5.74) is 6.13. The summed E-state index contributed by atoms with van der Waals surface area (Å²) in [4.78, 5) is 16.0. The van der Waals surface area contributed by atoms with Gasteiger partial charge in [-0.3, -0.25) is 4.79 Å². The Bertz CT molecular complexity index is 370. The lowest BCUT2D eigenvalue weighted by molar-refractivity contribution is -0.122. The van der Waals surface area contributed by atoms with Crippen LogP contribution in [0.5, 0.6) is 0 Å². The maximum atomic E-state index is 11.8. The number of nitrogens with one attached hydrogen (secondary N) is 1. The lowest BCUT2D eigenvalue weighted by Crippen LogP contribution is -2.35. The molecular formula is C13H23N3OS. The zero-order chi connectivity index (χ0) is 13.8. The first kappa shape index (κ1) is 15.1. The predicted octanol–water partition coefficient (Wildman–Crippen LogP) is 2.47. The second-order valence-corrected chi connectivity index (χ2v) is 6.81. The maximum absolute atomic E-state index is 11.8. The van der Waals surface area contributed by atoms with Crippen LogP contribution in [0.4, 0.5) is 0 Å². The van der Waals surface area contributed by atoms with Crippen molar-refractivity contribution in [3.8, 4) is 0 Å². The first-order valence-electron chi connectivity index (χ1n) is 6.22. The van der Waals surface area contributed by atoms with Crippen LogP contribution < -0.4 is 11.1 Å². The van der Waals surface area contributed by atoms with Crippen LogP contribution in [-0.2, 0) is 4.79 Å². The summed E-state index contributed by atoms with van der Waals surface area (Å²) < 4.78 is 0. The summed E-state index contributed by atoms with van der Waals surface area (Å²) in [6.45, 7) is 8.32. The van der Waals surface area contributed by atoms with Gasteiger partial charge in [0, 0.05) is 24.0 Å². The highest BCUT2D eigenvalue weighted by Gasteiger charge is 2.19. The van der Waals surface area contributed by atoms with E-state index in [0.29, 0.717) is 6.42 Å². The number of rotatable bonds is 5. The van der Waals surface area contributed by atoms with E-state index in [1.807, 2.05) is 12.3 Å². The summed E-state index contributed by atoms with van der Waals surface area (Å²) in [6, 6.07) is -0.132. The molecule has 2 atom stereocenters. The Kier molecular flexibility index (Phi) is 5.28. The zero-order valence-electron chi connectivity index (χ0n) is 11.6. The lowest BCUT2D eigenvalue weighted by Gasteiger charge is -2.23. The van der Waals surface area contributed by atoms with Crippen molar-refractivity contribution < 1.29 is 4.79 Å². The Morgan fingerprint density at radius 3 is 2.72 bits per heavy atom. The summed E-state index contributed by atoms with van der Waals surface area (Å²) in [7, 11) is 0. The Labute approximate surface area is 113 Å². The molecule has 0 bridgehead atoms. The van der Waals surface area contributed by atoms with Crippen LogP contribution in [0.1, 0.15) is 51.6 Å². The van der Waals surface area contributed by atoms with Gasteiger partial charge in [0.2, 0.25) is 5.91 Å². The molecule has 0 saturated carbocycles. The van der Waals surface area contributed by atoms with Crippen molar-refractivity contribution in [3.05, 3.63) is 16.6 Å². The number of aromatic nitrogens is 1. The molecule has 18 heavy (non-hydrogen) atoms. The summed E-state index contributed by atoms with van der Waals surface area (Å²) in [5, 5.41) is 5.76. The fourth-order valence-corrected chi connectivity index (χ4v) is 2.55. The van der Waals surface area contributed by atoms with Crippen LogP contribution in [-0.4, -0.2) is 16.9 Å². The molecule has 0 spiro atoms. The van der Waals surface area contributed by atoms with Crippen LogP contribution >= 0.6 is 11.3 Å². The highest BCUT2D eigenvalue weighted by atomic mass is 32.1. The van der Waals surface area contributed by atoms with E-state index >= 15 is 0 Å². The second kappa shape index (κ2) is 6.29. The van der Waals surface area contributed by atoms with Crippen LogP contribution in [0.15, 0.2) is 11.6 Å². The molecule has 0 aliphatic heterocycles. The number of hydrogen-bond acceptors (Lipinski definition) is 4. The summed E-state index contributed by atoms with van der Waals surface area (Å²) in [6.07, 6.45) is 2.95. The van der Waals surface area contributed by atoms with Crippen molar-refractivity contribution in [2.75, 3.05) is 0 Å². The highest BCUT2D eigenvalue weighted by molar-refractivity contribution is 7.09. The number of amides is 1. The molecule has 0 saturated heterocycles. The smallest absolute Gasteiger partial charge is 0.222 e. The van der Waals surface area contributed by atoms with E-state index in [-0.39, 0.29) is 23.4 Å². The first-order chi connectivity index (χ1) is 8.28. The van der Waals surface area contributed by atoms with Gasteiger partial charge in [0.15, 0.2) is 0 Å². The third kappa shape index (κ3) is 5.60. The van der Waals surface area contributed by atoms with Crippen molar-refractivity contribution in [1.82, 2.24) is 10.3 Å². The molecule has 1 heterocycles. The minimum atomic E-state index is -0.0894. The number of thiazole rings is 1. The SMILES string of the molecule is CC(NC(=O)CC(N)CC(C)(C)C)c1nccs1. The van der Waals surface area contributed by atoms with Crippen molar-refractivity contribution in [1.29, 1.82) is 0 Å². The third-order valence-electron chi connectivity index (χ3n) is 2.52. The lowest BCUT2D eigenvalue weighted by atomic mass is 9.87. The average molecular weight is 269 g/mol. The molecule has 3 N–H and O–H groups in total. The molecule has 1 amide bonds. The van der Waals surface area contributed by atoms with Gasteiger partial charge in [0.1, 0.15) is 5.01 Å². The normalized spacial score (nSPS) is 15.2. The van der Waals surface area contributed by atoms with Crippen LogP contribution in [0.25, 0.3) is 0 Å². The van der Waals surface area contributed by atoms with E-state index < -0.39 is 0 Å². The van der Waals surface area contributed by atoms with Crippen molar-refractivity contribution in [2.45, 2.75) is 52.6 Å². The van der Waals surface area contributed by atoms with Crippen molar-refractivity contribution in [3.63, 3.8) is 0 Å². The third-order valence-corrected chi connectivity index (χ3v) is 3.48. The van der Waals surface area contributed by atoms with E-state index in [2.05, 4.69) is 31.1 Å². The number of carbonyl (C=O) groups excluding carboxylic acids is 1. The molecule has 102 valence electrons. The highest BCUT2D eigenvalue weighted by Crippen LogP contribution is 2.21. The Balaban J connectivity index is 2.38. The standard InChI is InChI=1S/C13H23N3OS/c1-9(12-15-5-6-18-12)16-11(17)7-10(14)8-13(2,3)4/h5-6,9-10H,7-8,14H2,1-4H3,(H,16,17). The van der Waals surface area contributed by atoms with Gasteiger partial charge >= 0.3 is 0 Å². The summed E-state index contributed by atoms with van der Waals surface area (Å²) in [5.74, 6) is -0.00514. The zero-order valence-corrected chi connectivity index (χ0v) is 12.4. The predicted molar refractivity (Wildman–Crippen MR) is 75.3 cm³/mol. The molecule has 0 radical (unpaired) electrons. The quantitative estimate of drug-likeness (QED) is 0.863. The van der Waals surface area contributed by atoms with Gasteiger partial charge in [0.25, 0.3) is 0 Å². The van der Waals surface area contributed by atoms with Crippen LogP contribution in [0, 0.1) is 5.41 Å². The number of carbonyl (C=O) groups is 1. The van der Waals surface area contributed by atoms with Gasteiger partial charge in [-0.15, -0.1) is 11.3 Å². The molecule has 4 nitrogen and oxygen atoms in total. The van der Waals surface area contributed by atoms with Crippen molar-refractivity contribution in [2.24, 2.45) is 11.1 Å². The van der Waals surface area contributed by atoms with Crippen LogP contribution in [0.2, 0.25) is 0 Å². The van der Waals surface area contributed by atoms with E-state index in [4.69, 9.17) is 5.73 Å². The number of nitrogens with zero attached hydrogens (tertiary/aromatic N) is 1. The summed E-state index contributed by atoms with van der Waals surface area (Å²) >= 11 is 1.54. The molecule has 1 aromatic heterocycles. The van der Waals surface area contributed by atoms with Gasteiger partial charge in [-0.25, -0.2) is 4.98 Å². The molecule has 0 aliphatic rings. The van der Waals surface area contributed by atoms with Gasteiger partial charge in [-0.1, -0.05) is 20.8 Å². The van der Waals surface area contributed by atoms with Gasteiger partial charge in [-0.05, 0) is 18.8 Å². The van der Waals surface area contributed by atoms with Gasteiger partial charge in [-0.2, -0.15) is 0 Å². The van der Waals surface area contributed by atoms with Gasteiger partial charge < -0.3 is 11.1 Å². The molecule has 1 aromatic rings. The minimum Gasteiger partial charge on any atom is -0.347 e. The largest absolute Gasteiger partial charge is 0.347 e. The Morgan fingerprint density at radius 2 is 2.22 bits per heavy atom. The van der Waals surface area contributed by atoms with Crippen LogP contribution in [0.3, 0.4) is 0 Å². The minimum absolute atomic E-state index is 0.00514. The van der Waals surface area contributed by atoms with Gasteiger partial charge in [0.05, 0.1) is 6.04 Å². The first-order valence-corrected chi connectivity index (χ1v) is 7.10. The maximum Gasteiger partial charge on any atom is 0.222 e. The molecule has 5 heteroatoms. The van der Waals surface area contributed by atoms with E-state index in [1.165, 1.54) is 0 Å². The molecule has 0 aliphatic carbocycles. The molecule has 2 unspecified atom stereocenters. The molecule has 1 rings (SSSR count). The Hall–Kier alpha value is -0.940. The fourth-order valence-electron chi connectivity index (χ4n) is 1.91. The number of nitrogens with two attached hydrogens (primary N) is 1. The molecule has 0 fully saturated rings. The van der Waals surface area contributed by atoms with E-state index in [9.17, 15) is 4.79 Å². The fraction of sp³-hybridized carbons (Fsp3) is 0.692. The number of hydrogen-bond donors (Lipinski definition) is 2. The molecular weight excluding hydrogens is 246 g/mol. The van der Waals surface area contributed by atoms with Crippen molar-refractivity contribution >= 4 is 17.2 Å². The van der Waals surface area contributed by atoms with E-state index in [1.54, 1.807) is 17.5 Å².